The summed E-state index contributed by atoms with van der Waals surface area (Å²) in [6, 6.07) is 0. The zero-order valence-corrected chi connectivity index (χ0v) is 10.2. The predicted molar refractivity (Wildman–Crippen MR) is 64.1 cm³/mol. The van der Waals surface area contributed by atoms with E-state index in [-0.39, 0.29) is 19.2 Å². The molecule has 0 unspecified atom stereocenters. The van der Waals surface area contributed by atoms with Gasteiger partial charge in [0, 0.05) is 19.3 Å². The van der Waals surface area contributed by atoms with E-state index >= 15 is 0 Å². The molecule has 0 aromatic carbocycles. The molecule has 0 spiro atoms. The number of carbonyl (C=O) groups excluding carboxylic acids is 1. The van der Waals surface area contributed by atoms with Crippen LogP contribution in [0.2, 0.25) is 0 Å². The molecule has 0 rings (SSSR count). The van der Waals surface area contributed by atoms with E-state index in [2.05, 4.69) is 13.5 Å². The third-order valence-electron chi connectivity index (χ3n) is 1.73. The van der Waals surface area contributed by atoms with Crippen molar-refractivity contribution in [3.63, 3.8) is 0 Å². The lowest BCUT2D eigenvalue weighted by atomic mass is 10.3. The molecule has 0 aliphatic heterocycles. The van der Waals surface area contributed by atoms with Gasteiger partial charge < -0.3 is 14.9 Å². The molecule has 0 atom stereocenters. The minimum absolute atomic E-state index is 0.195. The van der Waals surface area contributed by atoms with Crippen molar-refractivity contribution in [2.24, 2.45) is 0 Å². The maximum Gasteiger partial charge on any atom is 0.330 e. The zero-order valence-electron chi connectivity index (χ0n) is 10.2. The standard InChI is InChI=1S/C8H14O2.C4H10O2/c1-3-5-6-7-10-8(9)4-2;5-3-1-2-4-6/h4H,2-3,5-7H2,1H3;5-6H,1-4H2. The van der Waals surface area contributed by atoms with Gasteiger partial charge >= 0.3 is 5.97 Å². The Balaban J connectivity index is 0. The Kier molecular flexibility index (Phi) is 18.1. The van der Waals surface area contributed by atoms with Crippen molar-refractivity contribution < 1.29 is 19.7 Å². The molecule has 16 heavy (non-hydrogen) atoms. The molecular formula is C12H24O4. The molecule has 0 amide bonds. The summed E-state index contributed by atoms with van der Waals surface area (Å²) in [4.78, 5) is 10.4. The van der Waals surface area contributed by atoms with E-state index in [4.69, 9.17) is 14.9 Å². The van der Waals surface area contributed by atoms with Crippen LogP contribution < -0.4 is 0 Å². The summed E-state index contributed by atoms with van der Waals surface area (Å²) < 4.78 is 4.74. The summed E-state index contributed by atoms with van der Waals surface area (Å²) in [5.74, 6) is -0.323. The van der Waals surface area contributed by atoms with Gasteiger partial charge in [-0.1, -0.05) is 26.3 Å². The van der Waals surface area contributed by atoms with Crippen LogP contribution in [0.15, 0.2) is 12.7 Å². The molecule has 2 N–H and O–H groups in total. The van der Waals surface area contributed by atoms with Gasteiger partial charge in [-0.25, -0.2) is 4.79 Å². The van der Waals surface area contributed by atoms with Crippen molar-refractivity contribution in [1.82, 2.24) is 0 Å². The van der Waals surface area contributed by atoms with Gasteiger partial charge in [0.05, 0.1) is 6.61 Å². The summed E-state index contributed by atoms with van der Waals surface area (Å²) in [7, 11) is 0. The van der Waals surface area contributed by atoms with E-state index in [1.54, 1.807) is 0 Å². The van der Waals surface area contributed by atoms with Crippen molar-refractivity contribution in [2.75, 3.05) is 19.8 Å². The molecule has 4 nitrogen and oxygen atoms in total. The molecule has 0 aliphatic carbocycles. The average Bonchev–Trinajstić information content (AvgIpc) is 2.32. The Hall–Kier alpha value is -0.870. The SMILES string of the molecule is C=CC(=O)OCCCCC.OCCCCO. The number of esters is 1. The highest BCUT2D eigenvalue weighted by Gasteiger charge is 1.92. The molecule has 0 bridgehead atoms. The van der Waals surface area contributed by atoms with E-state index < -0.39 is 0 Å². The second-order valence-electron chi connectivity index (χ2n) is 3.23. The maximum absolute atomic E-state index is 10.4. The van der Waals surface area contributed by atoms with Gasteiger partial charge in [0.15, 0.2) is 0 Å². The van der Waals surface area contributed by atoms with Crippen LogP contribution in [0.1, 0.15) is 39.0 Å². The van der Waals surface area contributed by atoms with E-state index in [0.29, 0.717) is 6.61 Å². The summed E-state index contributed by atoms with van der Waals surface area (Å²) in [5.41, 5.74) is 0. The van der Waals surface area contributed by atoms with Crippen molar-refractivity contribution in [1.29, 1.82) is 0 Å². The van der Waals surface area contributed by atoms with E-state index in [1.807, 2.05) is 0 Å². The van der Waals surface area contributed by atoms with Crippen molar-refractivity contribution in [3.8, 4) is 0 Å². The number of aliphatic hydroxyl groups is 2. The molecule has 0 radical (unpaired) electrons. The van der Waals surface area contributed by atoms with Crippen LogP contribution in [-0.4, -0.2) is 36.0 Å². The topological polar surface area (TPSA) is 66.8 Å². The van der Waals surface area contributed by atoms with Crippen molar-refractivity contribution >= 4 is 5.97 Å². The maximum atomic E-state index is 10.4. The monoisotopic (exact) mass is 232 g/mol. The van der Waals surface area contributed by atoms with Crippen LogP contribution in [0.4, 0.5) is 0 Å². The smallest absolute Gasteiger partial charge is 0.330 e. The third kappa shape index (κ3) is 18.8. The predicted octanol–water partition coefficient (Wildman–Crippen LogP) is 1.66. The highest BCUT2D eigenvalue weighted by molar-refractivity contribution is 5.81. The van der Waals surface area contributed by atoms with E-state index in [9.17, 15) is 4.79 Å². The molecule has 0 heterocycles. The number of hydrogen-bond donors (Lipinski definition) is 2. The first-order valence-corrected chi connectivity index (χ1v) is 5.73. The van der Waals surface area contributed by atoms with Gasteiger partial charge in [-0.15, -0.1) is 0 Å². The number of unbranched alkanes of at least 4 members (excludes halogenated alkanes) is 3. The average molecular weight is 232 g/mol. The highest BCUT2D eigenvalue weighted by atomic mass is 16.5. The van der Waals surface area contributed by atoms with Crippen molar-refractivity contribution in [2.45, 2.75) is 39.0 Å². The van der Waals surface area contributed by atoms with Crippen LogP contribution >= 0.6 is 0 Å². The van der Waals surface area contributed by atoms with Crippen LogP contribution in [0.25, 0.3) is 0 Å². The number of rotatable bonds is 8. The number of ether oxygens (including phenoxy) is 1. The first kappa shape index (κ1) is 17.5. The number of hydrogen-bond acceptors (Lipinski definition) is 4. The molecule has 0 fully saturated rings. The van der Waals surface area contributed by atoms with Crippen LogP contribution in [0.3, 0.4) is 0 Å². The largest absolute Gasteiger partial charge is 0.463 e. The van der Waals surface area contributed by atoms with Gasteiger partial charge in [-0.05, 0) is 19.3 Å². The fraction of sp³-hybridized carbons (Fsp3) is 0.750. The van der Waals surface area contributed by atoms with Crippen LogP contribution in [-0.2, 0) is 9.53 Å². The molecule has 4 heteroatoms. The van der Waals surface area contributed by atoms with Crippen LogP contribution in [0.5, 0.6) is 0 Å². The summed E-state index contributed by atoms with van der Waals surface area (Å²) in [5, 5.41) is 16.2. The Morgan fingerprint density at radius 1 is 1.19 bits per heavy atom. The van der Waals surface area contributed by atoms with Gasteiger partial charge in [-0.2, -0.15) is 0 Å². The molecule has 0 saturated heterocycles. The van der Waals surface area contributed by atoms with E-state index in [1.165, 1.54) is 6.08 Å². The minimum atomic E-state index is -0.323. The molecular weight excluding hydrogens is 208 g/mol. The fourth-order valence-electron chi connectivity index (χ4n) is 0.807. The lowest BCUT2D eigenvalue weighted by Gasteiger charge is -1.98. The lowest BCUT2D eigenvalue weighted by Crippen LogP contribution is -2.01. The van der Waals surface area contributed by atoms with Gasteiger partial charge in [0.1, 0.15) is 0 Å². The van der Waals surface area contributed by atoms with Crippen LogP contribution in [0, 0.1) is 0 Å². The van der Waals surface area contributed by atoms with Gasteiger partial charge in [0.25, 0.3) is 0 Å². The summed E-state index contributed by atoms with van der Waals surface area (Å²) in [6.07, 6.45) is 5.84. The fourth-order valence-corrected chi connectivity index (χ4v) is 0.807. The first-order chi connectivity index (χ1) is 7.72. The first-order valence-electron chi connectivity index (χ1n) is 5.73. The van der Waals surface area contributed by atoms with Gasteiger partial charge in [0.2, 0.25) is 0 Å². The molecule has 96 valence electrons. The Bertz CT molecular complexity index is 153. The quantitative estimate of drug-likeness (QED) is 0.379. The number of aliphatic hydroxyl groups excluding tert-OH is 2. The van der Waals surface area contributed by atoms with Crippen molar-refractivity contribution in [3.05, 3.63) is 12.7 Å². The van der Waals surface area contributed by atoms with Gasteiger partial charge in [-0.3, -0.25) is 0 Å². The Morgan fingerprint density at radius 2 is 1.75 bits per heavy atom. The molecule has 0 aliphatic rings. The second kappa shape index (κ2) is 16.6. The van der Waals surface area contributed by atoms with E-state index in [0.717, 1.165) is 32.1 Å². The Labute approximate surface area is 97.9 Å². The molecule has 0 aromatic rings. The molecule has 0 aromatic heterocycles. The third-order valence-corrected chi connectivity index (χ3v) is 1.73. The summed E-state index contributed by atoms with van der Waals surface area (Å²) in [6.45, 7) is 6.31. The second-order valence-corrected chi connectivity index (χ2v) is 3.23. The normalized spacial score (nSPS) is 8.94. The lowest BCUT2D eigenvalue weighted by molar-refractivity contribution is -0.137. The Morgan fingerprint density at radius 3 is 2.12 bits per heavy atom. The summed E-state index contributed by atoms with van der Waals surface area (Å²) >= 11 is 0. The highest BCUT2D eigenvalue weighted by Crippen LogP contribution is 1.94. The minimum Gasteiger partial charge on any atom is -0.463 e. The number of carbonyl (C=O) groups is 1. The zero-order chi connectivity index (χ0) is 12.6. The molecule has 0 saturated carbocycles.